The first kappa shape index (κ1) is 7.74. The van der Waals surface area contributed by atoms with E-state index in [1.165, 1.54) is 0 Å². The standard InChI is InChI=1S/C9H10/c1-3-5-7-9-8-6-4-2/h3,5-9H,1-2H2. The molecule has 0 saturated carbocycles. The molecule has 0 rings (SSSR count). The lowest BCUT2D eigenvalue weighted by Gasteiger charge is -1.67. The Morgan fingerprint density at radius 2 is 1.67 bits per heavy atom. The third-order valence-corrected chi connectivity index (χ3v) is 0.683. The molecular weight excluding hydrogens is 108 g/mol. The van der Waals surface area contributed by atoms with Gasteiger partial charge in [-0.15, -0.1) is 5.73 Å². The molecule has 0 heteroatoms. The summed E-state index contributed by atoms with van der Waals surface area (Å²) in [5.41, 5.74) is 2.62. The lowest BCUT2D eigenvalue weighted by molar-refractivity contribution is 1.90. The van der Waals surface area contributed by atoms with E-state index in [-0.39, 0.29) is 0 Å². The molecule has 0 saturated heterocycles. The summed E-state index contributed by atoms with van der Waals surface area (Å²) in [5, 5.41) is 0. The maximum atomic E-state index is 3.52. The zero-order chi connectivity index (χ0) is 6.95. The maximum Gasteiger partial charge on any atom is -0.0206 e. The smallest absolute Gasteiger partial charge is 0.0206 e. The Morgan fingerprint density at radius 1 is 1.00 bits per heavy atom. The van der Waals surface area contributed by atoms with Crippen LogP contribution >= 0.6 is 0 Å². The van der Waals surface area contributed by atoms with Gasteiger partial charge in [-0.25, -0.2) is 0 Å². The van der Waals surface area contributed by atoms with Crippen molar-refractivity contribution in [1.29, 1.82) is 0 Å². The molecule has 0 aliphatic heterocycles. The minimum atomic E-state index is 1.72. The summed E-state index contributed by atoms with van der Waals surface area (Å²) in [6, 6.07) is 0. The molecule has 0 fully saturated rings. The Kier molecular flexibility index (Phi) is 5.80. The lowest BCUT2D eigenvalue weighted by Crippen LogP contribution is -1.46. The normalized spacial score (nSPS) is 9.78. The molecule has 0 radical (unpaired) electrons. The molecule has 0 N–H and O–H groups in total. The summed E-state index contributed by atoms with van der Waals surface area (Å²) >= 11 is 0. The van der Waals surface area contributed by atoms with Crippen molar-refractivity contribution in [2.24, 2.45) is 0 Å². The van der Waals surface area contributed by atoms with Gasteiger partial charge in [-0.1, -0.05) is 43.5 Å². The molecule has 0 aliphatic carbocycles. The van der Waals surface area contributed by atoms with Gasteiger partial charge in [-0.05, 0) is 6.08 Å². The fourth-order valence-corrected chi connectivity index (χ4v) is 0.330. The van der Waals surface area contributed by atoms with Crippen molar-refractivity contribution in [3.8, 4) is 0 Å². The summed E-state index contributed by atoms with van der Waals surface area (Å²) in [4.78, 5) is 0. The second kappa shape index (κ2) is 6.74. The molecule has 0 aromatic carbocycles. The van der Waals surface area contributed by atoms with Gasteiger partial charge in [0.1, 0.15) is 0 Å². The van der Waals surface area contributed by atoms with E-state index in [0.717, 1.165) is 0 Å². The van der Waals surface area contributed by atoms with Crippen molar-refractivity contribution in [2.45, 2.75) is 0 Å². The maximum absolute atomic E-state index is 3.52. The SMILES string of the molecule is C=C=CC=CC=CC=C. The molecule has 0 amide bonds. The Bertz CT molecular complexity index is 164. The van der Waals surface area contributed by atoms with Gasteiger partial charge in [0.15, 0.2) is 0 Å². The summed E-state index contributed by atoms with van der Waals surface area (Å²) in [6.45, 7) is 6.92. The van der Waals surface area contributed by atoms with Gasteiger partial charge in [-0.3, -0.25) is 0 Å². The third-order valence-electron chi connectivity index (χ3n) is 0.683. The largest absolute Gasteiger partial charge is 0.129 e. The van der Waals surface area contributed by atoms with Gasteiger partial charge in [0.25, 0.3) is 0 Å². The average Bonchev–Trinajstić information content (AvgIpc) is 1.89. The van der Waals surface area contributed by atoms with Crippen LogP contribution in [0.4, 0.5) is 0 Å². The van der Waals surface area contributed by atoms with Gasteiger partial charge < -0.3 is 0 Å². The third kappa shape index (κ3) is 6.74. The lowest BCUT2D eigenvalue weighted by atomic mass is 10.4. The van der Waals surface area contributed by atoms with Crippen LogP contribution in [0.1, 0.15) is 0 Å². The Labute approximate surface area is 56.2 Å². The van der Waals surface area contributed by atoms with Gasteiger partial charge in [-0.2, -0.15) is 0 Å². The van der Waals surface area contributed by atoms with Crippen LogP contribution in [-0.2, 0) is 0 Å². The second-order valence-corrected chi connectivity index (χ2v) is 1.38. The van der Waals surface area contributed by atoms with E-state index >= 15 is 0 Å². The van der Waals surface area contributed by atoms with Crippen molar-refractivity contribution >= 4 is 0 Å². The van der Waals surface area contributed by atoms with Crippen LogP contribution in [0.15, 0.2) is 55.3 Å². The molecule has 9 heavy (non-hydrogen) atoms. The van der Waals surface area contributed by atoms with E-state index in [2.05, 4.69) is 18.9 Å². The summed E-state index contributed by atoms with van der Waals surface area (Å²) in [5.74, 6) is 0. The monoisotopic (exact) mass is 118 g/mol. The molecule has 0 spiro atoms. The summed E-state index contributed by atoms with van der Waals surface area (Å²) < 4.78 is 0. The van der Waals surface area contributed by atoms with E-state index in [4.69, 9.17) is 0 Å². The highest BCUT2D eigenvalue weighted by Crippen LogP contribution is 1.77. The number of hydrogen-bond donors (Lipinski definition) is 0. The fraction of sp³-hybridized carbons (Fsp3) is 0. The molecule has 0 aromatic rings. The van der Waals surface area contributed by atoms with Crippen molar-refractivity contribution in [1.82, 2.24) is 0 Å². The Balaban J connectivity index is 3.58. The molecule has 0 unspecified atom stereocenters. The van der Waals surface area contributed by atoms with Crippen molar-refractivity contribution in [3.63, 3.8) is 0 Å². The Hall–Kier alpha value is -1.26. The first-order valence-corrected chi connectivity index (χ1v) is 2.72. The zero-order valence-corrected chi connectivity index (χ0v) is 5.38. The van der Waals surface area contributed by atoms with Gasteiger partial charge in [0.2, 0.25) is 0 Å². The average molecular weight is 118 g/mol. The van der Waals surface area contributed by atoms with Crippen molar-refractivity contribution in [3.05, 3.63) is 55.3 Å². The molecule has 0 atom stereocenters. The second-order valence-electron chi connectivity index (χ2n) is 1.38. The van der Waals surface area contributed by atoms with Crippen LogP contribution in [0.3, 0.4) is 0 Å². The first-order chi connectivity index (χ1) is 4.41. The highest BCUT2D eigenvalue weighted by atomic mass is 13.6. The predicted octanol–water partition coefficient (Wildman–Crippen LogP) is 2.63. The summed E-state index contributed by atoms with van der Waals surface area (Å²) in [6.07, 6.45) is 11.0. The molecule has 0 aliphatic rings. The highest BCUT2D eigenvalue weighted by Gasteiger charge is 1.56. The fourth-order valence-electron chi connectivity index (χ4n) is 0.330. The molecular formula is C9H10. The van der Waals surface area contributed by atoms with Crippen LogP contribution in [0.25, 0.3) is 0 Å². The predicted molar refractivity (Wildman–Crippen MR) is 42.2 cm³/mol. The molecule has 0 nitrogen and oxygen atoms in total. The molecule has 46 valence electrons. The van der Waals surface area contributed by atoms with E-state index in [0.29, 0.717) is 0 Å². The van der Waals surface area contributed by atoms with Crippen molar-refractivity contribution in [2.75, 3.05) is 0 Å². The van der Waals surface area contributed by atoms with Crippen LogP contribution in [0.5, 0.6) is 0 Å². The zero-order valence-electron chi connectivity index (χ0n) is 5.38. The molecule has 0 heterocycles. The first-order valence-electron chi connectivity index (χ1n) is 2.72. The van der Waals surface area contributed by atoms with Crippen LogP contribution in [0, 0.1) is 0 Å². The van der Waals surface area contributed by atoms with E-state index in [1.807, 2.05) is 24.3 Å². The van der Waals surface area contributed by atoms with Gasteiger partial charge >= 0.3 is 0 Å². The van der Waals surface area contributed by atoms with E-state index < -0.39 is 0 Å². The number of hydrogen-bond acceptors (Lipinski definition) is 0. The molecule has 0 bridgehead atoms. The topological polar surface area (TPSA) is 0 Å². The van der Waals surface area contributed by atoms with Crippen LogP contribution in [-0.4, -0.2) is 0 Å². The van der Waals surface area contributed by atoms with Crippen LogP contribution in [0.2, 0.25) is 0 Å². The van der Waals surface area contributed by atoms with Gasteiger partial charge in [0.05, 0.1) is 0 Å². The molecule has 0 aromatic heterocycles. The number of rotatable bonds is 3. The minimum Gasteiger partial charge on any atom is -0.129 e. The number of allylic oxidation sites excluding steroid dienone is 6. The minimum absolute atomic E-state index is 1.72. The van der Waals surface area contributed by atoms with Gasteiger partial charge in [0, 0.05) is 0 Å². The van der Waals surface area contributed by atoms with Crippen molar-refractivity contribution < 1.29 is 0 Å². The summed E-state index contributed by atoms with van der Waals surface area (Å²) in [7, 11) is 0. The highest BCUT2D eigenvalue weighted by molar-refractivity contribution is 5.13. The quantitative estimate of drug-likeness (QED) is 0.394. The van der Waals surface area contributed by atoms with E-state index in [1.54, 1.807) is 12.2 Å². The Morgan fingerprint density at radius 3 is 2.22 bits per heavy atom. The van der Waals surface area contributed by atoms with E-state index in [9.17, 15) is 0 Å². The van der Waals surface area contributed by atoms with Crippen LogP contribution < -0.4 is 0 Å².